The Morgan fingerprint density at radius 3 is 2.76 bits per heavy atom. The van der Waals surface area contributed by atoms with Gasteiger partial charge in [-0.3, -0.25) is 9.48 Å². The fourth-order valence-electron chi connectivity index (χ4n) is 1.11. The van der Waals surface area contributed by atoms with E-state index in [1.165, 1.54) is 17.1 Å². The average Bonchev–Trinajstić information content (AvgIpc) is 2.76. The van der Waals surface area contributed by atoms with Gasteiger partial charge in [0.15, 0.2) is 0 Å². The van der Waals surface area contributed by atoms with E-state index in [1.54, 1.807) is 6.92 Å². The summed E-state index contributed by atoms with van der Waals surface area (Å²) in [7, 11) is -3.70. The lowest BCUT2D eigenvalue weighted by Gasteiger charge is -2.04. The minimum Gasteiger partial charge on any atom is -0.465 e. The molecule has 17 heavy (non-hydrogen) atoms. The topological polar surface area (TPSA) is 90.3 Å². The molecule has 0 atom stereocenters. The summed E-state index contributed by atoms with van der Waals surface area (Å²) >= 11 is 0. The highest BCUT2D eigenvalue weighted by Crippen LogP contribution is 2.06. The number of esters is 1. The number of hydrogen-bond acceptors (Lipinski definition) is 5. The van der Waals surface area contributed by atoms with Crippen molar-refractivity contribution in [2.75, 3.05) is 13.2 Å². The molecular weight excluding hydrogens is 246 g/mol. The first-order chi connectivity index (χ1) is 7.99. The number of ether oxygens (including phenoxy) is 1. The summed E-state index contributed by atoms with van der Waals surface area (Å²) in [5, 5.41) is 3.85. The van der Waals surface area contributed by atoms with Crippen molar-refractivity contribution >= 4 is 16.0 Å². The second-order valence-electron chi connectivity index (χ2n) is 3.16. The predicted molar refractivity (Wildman–Crippen MR) is 59.7 cm³/mol. The van der Waals surface area contributed by atoms with Crippen molar-refractivity contribution in [1.29, 1.82) is 0 Å². The van der Waals surface area contributed by atoms with Gasteiger partial charge in [-0.1, -0.05) is 0 Å². The minimum atomic E-state index is -3.70. The van der Waals surface area contributed by atoms with Crippen LogP contribution in [-0.4, -0.2) is 37.3 Å². The summed E-state index contributed by atoms with van der Waals surface area (Å²) < 4.78 is 31.6. The number of carbonyl (C=O) groups excluding carboxylic acids is 1. The second-order valence-corrected chi connectivity index (χ2v) is 4.93. The minimum absolute atomic E-state index is 0.0312. The first-order valence-corrected chi connectivity index (χ1v) is 6.65. The number of aromatic nitrogens is 2. The molecule has 1 aromatic rings. The van der Waals surface area contributed by atoms with Gasteiger partial charge in [0.1, 0.15) is 11.4 Å². The molecule has 0 aliphatic carbocycles. The Morgan fingerprint density at radius 1 is 1.53 bits per heavy atom. The van der Waals surface area contributed by atoms with E-state index in [0.29, 0.717) is 6.54 Å². The van der Waals surface area contributed by atoms with E-state index in [-0.39, 0.29) is 18.0 Å². The van der Waals surface area contributed by atoms with E-state index in [1.807, 2.05) is 6.92 Å². The maximum absolute atomic E-state index is 11.7. The Hall–Kier alpha value is -1.41. The molecule has 0 unspecified atom stereocenters. The molecule has 1 aromatic heterocycles. The highest BCUT2D eigenvalue weighted by molar-refractivity contribution is 7.89. The van der Waals surface area contributed by atoms with Gasteiger partial charge in [0, 0.05) is 12.7 Å². The Morgan fingerprint density at radius 2 is 2.24 bits per heavy atom. The molecule has 0 spiro atoms. The lowest BCUT2D eigenvalue weighted by Crippen LogP contribution is -2.30. The molecule has 0 aliphatic heterocycles. The van der Waals surface area contributed by atoms with E-state index in [0.717, 1.165) is 0 Å². The van der Waals surface area contributed by atoms with Crippen molar-refractivity contribution in [3.05, 3.63) is 12.4 Å². The van der Waals surface area contributed by atoms with E-state index in [4.69, 9.17) is 0 Å². The van der Waals surface area contributed by atoms with Crippen molar-refractivity contribution < 1.29 is 17.9 Å². The molecule has 0 saturated carbocycles. The normalized spacial score (nSPS) is 11.4. The number of nitrogens with one attached hydrogen (secondary N) is 1. The third-order valence-electron chi connectivity index (χ3n) is 1.96. The monoisotopic (exact) mass is 261 g/mol. The maximum Gasteiger partial charge on any atom is 0.321 e. The van der Waals surface area contributed by atoms with Gasteiger partial charge in [0.2, 0.25) is 10.0 Å². The van der Waals surface area contributed by atoms with Crippen LogP contribution in [0.1, 0.15) is 13.8 Å². The zero-order valence-electron chi connectivity index (χ0n) is 9.71. The lowest BCUT2D eigenvalue weighted by molar-refractivity contribution is -0.141. The molecule has 1 rings (SSSR count). The molecule has 0 radical (unpaired) electrons. The first kappa shape index (κ1) is 13.7. The van der Waals surface area contributed by atoms with Crippen LogP contribution in [0.4, 0.5) is 0 Å². The van der Waals surface area contributed by atoms with Gasteiger partial charge in [-0.15, -0.1) is 0 Å². The van der Waals surface area contributed by atoms with Gasteiger partial charge in [-0.05, 0) is 13.8 Å². The molecule has 0 fully saturated rings. The molecule has 0 amide bonds. The largest absolute Gasteiger partial charge is 0.465 e. The number of rotatable bonds is 6. The predicted octanol–water partition coefficient (Wildman–Crippen LogP) is -0.256. The molecule has 7 nitrogen and oxygen atoms in total. The fraction of sp³-hybridized carbons (Fsp3) is 0.556. The van der Waals surface area contributed by atoms with E-state index in [2.05, 4.69) is 14.6 Å². The summed E-state index contributed by atoms with van der Waals surface area (Å²) in [6.45, 7) is 3.91. The van der Waals surface area contributed by atoms with Crippen LogP contribution in [0.3, 0.4) is 0 Å². The highest BCUT2D eigenvalue weighted by Gasteiger charge is 2.17. The van der Waals surface area contributed by atoms with Crippen molar-refractivity contribution in [1.82, 2.24) is 14.5 Å². The third kappa shape index (κ3) is 3.82. The van der Waals surface area contributed by atoms with E-state index >= 15 is 0 Å². The number of aryl methyl sites for hydroxylation is 1. The lowest BCUT2D eigenvalue weighted by atomic mass is 10.7. The Bertz CT molecular complexity index is 480. The molecule has 0 bridgehead atoms. The average molecular weight is 261 g/mol. The van der Waals surface area contributed by atoms with Gasteiger partial charge in [-0.2, -0.15) is 9.82 Å². The standard InChI is InChI=1S/C9H15N3O4S/c1-3-12-7-8(5-10-12)17(14,15)11-6-9(13)16-4-2/h5,7,11H,3-4,6H2,1-2H3. The number of nitrogens with zero attached hydrogens (tertiary/aromatic N) is 2. The smallest absolute Gasteiger partial charge is 0.321 e. The van der Waals surface area contributed by atoms with Crippen LogP contribution in [0.25, 0.3) is 0 Å². The molecule has 8 heteroatoms. The fourth-order valence-corrected chi connectivity index (χ4v) is 2.03. The molecule has 0 aliphatic rings. The molecule has 0 saturated heterocycles. The van der Waals surface area contributed by atoms with Crippen LogP contribution in [0.5, 0.6) is 0 Å². The number of carbonyl (C=O) groups is 1. The van der Waals surface area contributed by atoms with Gasteiger partial charge in [0.25, 0.3) is 0 Å². The van der Waals surface area contributed by atoms with Gasteiger partial charge in [0.05, 0.1) is 12.8 Å². The molecule has 0 aromatic carbocycles. The van der Waals surface area contributed by atoms with Crippen molar-refractivity contribution in [3.63, 3.8) is 0 Å². The zero-order valence-corrected chi connectivity index (χ0v) is 10.5. The molecule has 1 N–H and O–H groups in total. The number of sulfonamides is 1. The summed E-state index contributed by atoms with van der Waals surface area (Å²) in [5.41, 5.74) is 0. The molecular formula is C9H15N3O4S. The maximum atomic E-state index is 11.7. The third-order valence-corrected chi connectivity index (χ3v) is 3.31. The zero-order chi connectivity index (χ0) is 12.9. The van der Waals surface area contributed by atoms with Gasteiger partial charge >= 0.3 is 5.97 Å². The highest BCUT2D eigenvalue weighted by atomic mass is 32.2. The van der Waals surface area contributed by atoms with E-state index in [9.17, 15) is 13.2 Å². The summed E-state index contributed by atoms with van der Waals surface area (Å²) in [4.78, 5) is 11.0. The Kier molecular flexibility index (Phi) is 4.64. The van der Waals surface area contributed by atoms with Crippen molar-refractivity contribution in [3.8, 4) is 0 Å². The first-order valence-electron chi connectivity index (χ1n) is 5.17. The van der Waals surface area contributed by atoms with Crippen LogP contribution in [0.2, 0.25) is 0 Å². The Labute approximate surface area is 99.8 Å². The van der Waals surface area contributed by atoms with Gasteiger partial charge < -0.3 is 4.74 Å². The summed E-state index contributed by atoms with van der Waals surface area (Å²) in [6.07, 6.45) is 2.63. The van der Waals surface area contributed by atoms with Crippen molar-refractivity contribution in [2.45, 2.75) is 25.3 Å². The van der Waals surface area contributed by atoms with Crippen LogP contribution in [-0.2, 0) is 26.1 Å². The number of hydrogen-bond donors (Lipinski definition) is 1. The van der Waals surface area contributed by atoms with Crippen LogP contribution in [0, 0.1) is 0 Å². The summed E-state index contributed by atoms with van der Waals surface area (Å²) in [5.74, 6) is -0.612. The quantitative estimate of drug-likeness (QED) is 0.713. The van der Waals surface area contributed by atoms with Crippen LogP contribution < -0.4 is 4.72 Å². The second kappa shape index (κ2) is 5.78. The summed E-state index contributed by atoms with van der Waals surface area (Å²) in [6, 6.07) is 0. The van der Waals surface area contributed by atoms with Crippen LogP contribution in [0.15, 0.2) is 17.3 Å². The molecule has 1 heterocycles. The Balaban J connectivity index is 2.65. The van der Waals surface area contributed by atoms with E-state index < -0.39 is 16.0 Å². The molecule has 96 valence electrons. The van der Waals surface area contributed by atoms with Crippen LogP contribution >= 0.6 is 0 Å². The SMILES string of the molecule is CCOC(=O)CNS(=O)(=O)c1cnn(CC)c1. The van der Waals surface area contributed by atoms with Crippen molar-refractivity contribution in [2.24, 2.45) is 0 Å². The van der Waals surface area contributed by atoms with Gasteiger partial charge in [-0.25, -0.2) is 8.42 Å².